The predicted molar refractivity (Wildman–Crippen MR) is 78.9 cm³/mol. The second-order valence-corrected chi connectivity index (χ2v) is 6.26. The third-order valence-corrected chi connectivity index (χ3v) is 3.36. The summed E-state index contributed by atoms with van der Waals surface area (Å²) in [6, 6.07) is 0. The number of anilines is 1. The molecule has 118 valence electrons. The van der Waals surface area contributed by atoms with Crippen LogP contribution in [0.1, 0.15) is 26.5 Å². The van der Waals surface area contributed by atoms with E-state index in [9.17, 15) is 4.79 Å². The number of carbonyl (C=O) groups excluding carboxylic acids is 1. The number of nitrogens with zero attached hydrogens (tertiary/aromatic N) is 3. The zero-order valence-electron chi connectivity index (χ0n) is 13.0. The monoisotopic (exact) mass is 296 g/mol. The highest BCUT2D eigenvalue weighted by molar-refractivity contribution is 5.68. The van der Waals surface area contributed by atoms with Gasteiger partial charge in [0.1, 0.15) is 5.60 Å². The quantitative estimate of drug-likeness (QED) is 0.906. The van der Waals surface area contributed by atoms with E-state index in [0.717, 1.165) is 31.8 Å². The van der Waals surface area contributed by atoms with Crippen molar-refractivity contribution in [3.63, 3.8) is 0 Å². The van der Waals surface area contributed by atoms with Crippen molar-refractivity contribution in [2.45, 2.75) is 32.8 Å². The molecule has 2 heterocycles. The minimum atomic E-state index is -0.446. The molecule has 0 bridgehead atoms. The molecule has 1 saturated heterocycles. The molecule has 0 aliphatic carbocycles. The van der Waals surface area contributed by atoms with E-state index in [4.69, 9.17) is 15.0 Å². The molecule has 7 nitrogen and oxygen atoms in total. The van der Waals surface area contributed by atoms with Crippen LogP contribution in [0, 0.1) is 0 Å². The molecule has 7 heteroatoms. The van der Waals surface area contributed by atoms with Gasteiger partial charge in [-0.1, -0.05) is 5.16 Å². The van der Waals surface area contributed by atoms with E-state index in [-0.39, 0.29) is 6.09 Å². The number of nitrogen functional groups attached to an aromatic ring is 1. The molecule has 0 radical (unpaired) electrons. The van der Waals surface area contributed by atoms with Crippen LogP contribution in [-0.2, 0) is 11.2 Å². The normalized spacial score (nSPS) is 17.0. The highest BCUT2D eigenvalue weighted by atomic mass is 16.6. The van der Waals surface area contributed by atoms with Crippen LogP contribution in [0.2, 0.25) is 0 Å². The largest absolute Gasteiger partial charge is 0.444 e. The van der Waals surface area contributed by atoms with E-state index >= 15 is 0 Å². The fourth-order valence-corrected chi connectivity index (χ4v) is 2.20. The van der Waals surface area contributed by atoms with Gasteiger partial charge in [0.2, 0.25) is 0 Å². The van der Waals surface area contributed by atoms with Crippen molar-refractivity contribution >= 4 is 11.8 Å². The first kappa shape index (κ1) is 15.6. The van der Waals surface area contributed by atoms with Gasteiger partial charge in [-0.05, 0) is 20.8 Å². The van der Waals surface area contributed by atoms with Crippen molar-refractivity contribution in [3.8, 4) is 0 Å². The first-order valence-corrected chi connectivity index (χ1v) is 7.24. The molecule has 1 aliphatic rings. The average molecular weight is 296 g/mol. The molecule has 1 aromatic rings. The number of carbonyl (C=O) groups is 1. The summed E-state index contributed by atoms with van der Waals surface area (Å²) in [5.74, 6) is 0.726. The van der Waals surface area contributed by atoms with E-state index < -0.39 is 5.60 Å². The first-order valence-electron chi connectivity index (χ1n) is 7.24. The number of amides is 1. The summed E-state index contributed by atoms with van der Waals surface area (Å²) in [6.45, 7) is 9.50. The second-order valence-electron chi connectivity index (χ2n) is 6.26. The fraction of sp³-hybridized carbons (Fsp3) is 0.714. The number of nitrogens with two attached hydrogens (primary N) is 1. The van der Waals surface area contributed by atoms with Crippen LogP contribution in [-0.4, -0.2) is 59.4 Å². The molecule has 2 rings (SSSR count). The van der Waals surface area contributed by atoms with Crippen molar-refractivity contribution < 1.29 is 14.1 Å². The van der Waals surface area contributed by atoms with E-state index in [2.05, 4.69) is 10.1 Å². The summed E-state index contributed by atoms with van der Waals surface area (Å²) in [7, 11) is 0. The molecule has 2 N–H and O–H groups in total. The molecule has 0 aromatic carbocycles. The van der Waals surface area contributed by atoms with Crippen LogP contribution in [0.15, 0.2) is 10.7 Å². The SMILES string of the molecule is CC(C)(C)OC(=O)N1CCN(CCc2oncc2N)CC1. The number of hydrogen-bond donors (Lipinski definition) is 1. The van der Waals surface area contributed by atoms with Gasteiger partial charge in [0, 0.05) is 39.1 Å². The van der Waals surface area contributed by atoms with Gasteiger partial charge in [0.25, 0.3) is 0 Å². The van der Waals surface area contributed by atoms with Gasteiger partial charge in [-0.2, -0.15) is 0 Å². The lowest BCUT2D eigenvalue weighted by atomic mass is 10.2. The van der Waals surface area contributed by atoms with Gasteiger partial charge in [0.15, 0.2) is 5.76 Å². The molecule has 0 spiro atoms. The number of hydrogen-bond acceptors (Lipinski definition) is 6. The molecule has 0 unspecified atom stereocenters. The maximum atomic E-state index is 12.0. The average Bonchev–Trinajstić information content (AvgIpc) is 2.80. The van der Waals surface area contributed by atoms with Crippen molar-refractivity contribution in [1.29, 1.82) is 0 Å². The smallest absolute Gasteiger partial charge is 0.410 e. The minimum absolute atomic E-state index is 0.235. The summed E-state index contributed by atoms with van der Waals surface area (Å²) in [5, 5.41) is 3.67. The zero-order valence-corrected chi connectivity index (χ0v) is 13.0. The van der Waals surface area contributed by atoms with E-state index in [1.54, 1.807) is 4.90 Å². The Hall–Kier alpha value is -1.76. The molecule has 0 saturated carbocycles. The van der Waals surface area contributed by atoms with E-state index in [0.29, 0.717) is 18.8 Å². The number of rotatable bonds is 3. The molecule has 21 heavy (non-hydrogen) atoms. The second kappa shape index (κ2) is 6.34. The van der Waals surface area contributed by atoms with Gasteiger partial charge in [0.05, 0.1) is 11.9 Å². The third-order valence-electron chi connectivity index (χ3n) is 3.36. The number of aromatic nitrogens is 1. The van der Waals surface area contributed by atoms with Gasteiger partial charge < -0.3 is 19.9 Å². The maximum absolute atomic E-state index is 12.0. The van der Waals surface area contributed by atoms with Crippen LogP contribution < -0.4 is 5.73 Å². The lowest BCUT2D eigenvalue weighted by Gasteiger charge is -2.35. The molecule has 1 amide bonds. The Labute approximate surface area is 125 Å². The molecular formula is C14H24N4O3. The highest BCUT2D eigenvalue weighted by Gasteiger charge is 2.25. The Morgan fingerprint density at radius 2 is 2.05 bits per heavy atom. The van der Waals surface area contributed by atoms with Crippen molar-refractivity contribution in [3.05, 3.63) is 12.0 Å². The van der Waals surface area contributed by atoms with Crippen LogP contribution >= 0.6 is 0 Å². The van der Waals surface area contributed by atoms with Crippen LogP contribution in [0.4, 0.5) is 10.5 Å². The summed E-state index contributed by atoms with van der Waals surface area (Å²) in [5.41, 5.74) is 5.89. The Bertz CT molecular complexity index is 473. The fourth-order valence-electron chi connectivity index (χ4n) is 2.20. The molecule has 1 aliphatic heterocycles. The lowest BCUT2D eigenvalue weighted by Crippen LogP contribution is -2.50. The van der Waals surface area contributed by atoms with Gasteiger partial charge in [-0.3, -0.25) is 4.90 Å². The molecule has 1 fully saturated rings. The van der Waals surface area contributed by atoms with Crippen LogP contribution in [0.25, 0.3) is 0 Å². The summed E-state index contributed by atoms with van der Waals surface area (Å²) in [4.78, 5) is 16.0. The Morgan fingerprint density at radius 1 is 1.38 bits per heavy atom. The van der Waals surface area contributed by atoms with Gasteiger partial charge >= 0.3 is 6.09 Å². The van der Waals surface area contributed by atoms with Crippen LogP contribution in [0.5, 0.6) is 0 Å². The van der Waals surface area contributed by atoms with E-state index in [1.165, 1.54) is 6.20 Å². The van der Waals surface area contributed by atoms with Gasteiger partial charge in [-0.25, -0.2) is 4.79 Å². The zero-order chi connectivity index (χ0) is 15.5. The molecule has 1 aromatic heterocycles. The van der Waals surface area contributed by atoms with Crippen molar-refractivity contribution in [2.75, 3.05) is 38.5 Å². The molecule has 0 atom stereocenters. The van der Waals surface area contributed by atoms with Crippen LogP contribution in [0.3, 0.4) is 0 Å². The van der Waals surface area contributed by atoms with Crippen molar-refractivity contribution in [2.24, 2.45) is 0 Å². The Morgan fingerprint density at radius 3 is 2.57 bits per heavy atom. The Balaban J connectivity index is 1.73. The summed E-state index contributed by atoms with van der Waals surface area (Å²) < 4.78 is 10.5. The number of ether oxygens (including phenoxy) is 1. The third kappa shape index (κ3) is 4.63. The van der Waals surface area contributed by atoms with E-state index in [1.807, 2.05) is 20.8 Å². The minimum Gasteiger partial charge on any atom is -0.444 e. The first-order chi connectivity index (χ1) is 9.85. The standard InChI is InChI=1S/C14H24N4O3/c1-14(2,3)20-13(19)18-8-6-17(7-9-18)5-4-12-11(15)10-16-21-12/h10H,4-9,15H2,1-3H3. The predicted octanol–water partition coefficient (Wildman–Crippen LogP) is 1.35. The maximum Gasteiger partial charge on any atom is 0.410 e. The Kier molecular flexibility index (Phi) is 4.72. The summed E-state index contributed by atoms with van der Waals surface area (Å²) >= 11 is 0. The topological polar surface area (TPSA) is 84.8 Å². The van der Waals surface area contributed by atoms with Crippen molar-refractivity contribution in [1.82, 2.24) is 15.0 Å². The molecular weight excluding hydrogens is 272 g/mol. The highest BCUT2D eigenvalue weighted by Crippen LogP contribution is 2.14. The lowest BCUT2D eigenvalue weighted by molar-refractivity contribution is 0.0145. The number of piperazine rings is 1. The van der Waals surface area contributed by atoms with Gasteiger partial charge in [-0.15, -0.1) is 0 Å². The summed E-state index contributed by atoms with van der Waals surface area (Å²) in [6.07, 6.45) is 2.02.